The van der Waals surface area contributed by atoms with Crippen molar-refractivity contribution in [1.82, 2.24) is 9.97 Å². The van der Waals surface area contributed by atoms with Crippen molar-refractivity contribution in [3.8, 4) is 0 Å². The van der Waals surface area contributed by atoms with Gasteiger partial charge in [0.2, 0.25) is 0 Å². The Bertz CT molecular complexity index is 343. The van der Waals surface area contributed by atoms with E-state index in [9.17, 15) is 0 Å². The summed E-state index contributed by atoms with van der Waals surface area (Å²) in [4.78, 5) is 8.77. The molecule has 1 aliphatic rings. The maximum Gasteiger partial charge on any atom is 0.144 e. The molecule has 0 amide bonds. The van der Waals surface area contributed by atoms with Crippen molar-refractivity contribution in [2.24, 2.45) is 5.92 Å². The minimum Gasteiger partial charge on any atom is -0.369 e. The van der Waals surface area contributed by atoms with Gasteiger partial charge in [-0.3, -0.25) is 4.98 Å². The second-order valence-electron chi connectivity index (χ2n) is 4.79. The molecule has 1 fully saturated rings. The molecule has 2 rings (SSSR count). The van der Waals surface area contributed by atoms with Gasteiger partial charge < -0.3 is 5.32 Å². The van der Waals surface area contributed by atoms with Crippen LogP contribution < -0.4 is 5.32 Å². The zero-order valence-electron chi connectivity index (χ0n) is 10.3. The van der Waals surface area contributed by atoms with Crippen molar-refractivity contribution in [3.63, 3.8) is 0 Å². The second kappa shape index (κ2) is 5.28. The zero-order valence-corrected chi connectivity index (χ0v) is 10.3. The number of nitrogens with zero attached hydrogens (tertiary/aromatic N) is 2. The van der Waals surface area contributed by atoms with E-state index in [1.165, 1.54) is 32.1 Å². The fraction of sp³-hybridized carbons (Fsp3) is 0.692. The van der Waals surface area contributed by atoms with Crippen LogP contribution in [0.4, 0.5) is 5.82 Å². The largest absolute Gasteiger partial charge is 0.369 e. The molecule has 0 aliphatic heterocycles. The molecule has 3 heteroatoms. The van der Waals surface area contributed by atoms with Gasteiger partial charge in [0, 0.05) is 6.54 Å². The zero-order chi connectivity index (χ0) is 11.4. The van der Waals surface area contributed by atoms with Crippen molar-refractivity contribution in [2.45, 2.75) is 46.0 Å². The topological polar surface area (TPSA) is 37.8 Å². The first-order chi connectivity index (χ1) is 7.75. The van der Waals surface area contributed by atoms with Crippen LogP contribution in [0.5, 0.6) is 0 Å². The first kappa shape index (κ1) is 11.4. The smallest absolute Gasteiger partial charge is 0.144 e. The Morgan fingerprint density at radius 1 is 1.25 bits per heavy atom. The molecule has 0 radical (unpaired) electrons. The molecule has 88 valence electrons. The molecular weight excluding hydrogens is 198 g/mol. The van der Waals surface area contributed by atoms with Crippen molar-refractivity contribution in [2.75, 3.05) is 11.9 Å². The molecule has 1 aromatic rings. The average Bonchev–Trinajstić information content (AvgIpc) is 2.76. The van der Waals surface area contributed by atoms with Gasteiger partial charge in [-0.25, -0.2) is 4.98 Å². The van der Waals surface area contributed by atoms with Crippen LogP contribution in [0.15, 0.2) is 6.20 Å². The Labute approximate surface area is 97.7 Å². The van der Waals surface area contributed by atoms with E-state index in [1.54, 1.807) is 0 Å². The molecule has 0 spiro atoms. The molecule has 0 saturated heterocycles. The lowest BCUT2D eigenvalue weighted by Gasteiger charge is -2.10. The van der Waals surface area contributed by atoms with Gasteiger partial charge in [-0.05, 0) is 26.2 Å². The molecule has 0 bridgehead atoms. The standard InChI is InChI=1S/C13H21N3/c1-10-11(2)16-13(9-15-10)14-8-7-12-5-3-4-6-12/h9,12H,3-8H2,1-2H3,(H,14,16). The molecule has 0 aromatic carbocycles. The van der Waals surface area contributed by atoms with Crippen molar-refractivity contribution < 1.29 is 0 Å². The van der Waals surface area contributed by atoms with E-state index in [0.29, 0.717) is 0 Å². The summed E-state index contributed by atoms with van der Waals surface area (Å²) >= 11 is 0. The summed E-state index contributed by atoms with van der Waals surface area (Å²) in [7, 11) is 0. The van der Waals surface area contributed by atoms with Gasteiger partial charge in [0.1, 0.15) is 5.82 Å². The first-order valence-electron chi connectivity index (χ1n) is 6.30. The van der Waals surface area contributed by atoms with E-state index in [4.69, 9.17) is 0 Å². The molecule has 1 saturated carbocycles. The summed E-state index contributed by atoms with van der Waals surface area (Å²) in [6.07, 6.45) is 8.79. The Kier molecular flexibility index (Phi) is 3.75. The molecule has 0 atom stereocenters. The number of nitrogens with one attached hydrogen (secondary N) is 1. The normalized spacial score (nSPS) is 16.6. The van der Waals surface area contributed by atoms with E-state index < -0.39 is 0 Å². The minimum absolute atomic E-state index is 0.918. The molecule has 1 aromatic heterocycles. The molecule has 0 unspecified atom stereocenters. The third-order valence-corrected chi connectivity index (χ3v) is 3.53. The summed E-state index contributed by atoms with van der Waals surface area (Å²) in [5.74, 6) is 1.85. The highest BCUT2D eigenvalue weighted by Crippen LogP contribution is 2.27. The monoisotopic (exact) mass is 219 g/mol. The molecule has 1 N–H and O–H groups in total. The number of rotatable bonds is 4. The van der Waals surface area contributed by atoms with Crippen LogP contribution in [0.3, 0.4) is 0 Å². The number of aromatic nitrogens is 2. The minimum atomic E-state index is 0.918. The fourth-order valence-corrected chi connectivity index (χ4v) is 2.33. The molecule has 1 aliphatic carbocycles. The number of hydrogen-bond donors (Lipinski definition) is 1. The predicted molar refractivity (Wildman–Crippen MR) is 66.6 cm³/mol. The number of aryl methyl sites for hydroxylation is 2. The maximum atomic E-state index is 4.46. The fourth-order valence-electron chi connectivity index (χ4n) is 2.33. The summed E-state index contributed by atoms with van der Waals surface area (Å²) in [6.45, 7) is 5.02. The van der Waals surface area contributed by atoms with E-state index >= 15 is 0 Å². The van der Waals surface area contributed by atoms with E-state index in [1.807, 2.05) is 20.0 Å². The van der Waals surface area contributed by atoms with Crippen molar-refractivity contribution in [3.05, 3.63) is 17.6 Å². The highest BCUT2D eigenvalue weighted by atomic mass is 15.0. The Balaban J connectivity index is 1.78. The summed E-state index contributed by atoms with van der Waals surface area (Å²) in [6, 6.07) is 0. The Morgan fingerprint density at radius 2 is 2.00 bits per heavy atom. The lowest BCUT2D eigenvalue weighted by atomic mass is 10.0. The quantitative estimate of drug-likeness (QED) is 0.845. The second-order valence-corrected chi connectivity index (χ2v) is 4.79. The highest BCUT2D eigenvalue weighted by Gasteiger charge is 2.14. The summed E-state index contributed by atoms with van der Waals surface area (Å²) < 4.78 is 0. The van der Waals surface area contributed by atoms with E-state index in [2.05, 4.69) is 15.3 Å². The van der Waals surface area contributed by atoms with Gasteiger partial charge in [0.05, 0.1) is 17.6 Å². The van der Waals surface area contributed by atoms with Gasteiger partial charge in [-0.2, -0.15) is 0 Å². The van der Waals surface area contributed by atoms with Gasteiger partial charge in [0.15, 0.2) is 0 Å². The van der Waals surface area contributed by atoms with Gasteiger partial charge in [-0.15, -0.1) is 0 Å². The number of hydrogen-bond acceptors (Lipinski definition) is 3. The van der Waals surface area contributed by atoms with Gasteiger partial charge in [0.25, 0.3) is 0 Å². The molecule has 1 heterocycles. The van der Waals surface area contributed by atoms with Crippen LogP contribution in [0, 0.1) is 19.8 Å². The molecule has 3 nitrogen and oxygen atoms in total. The van der Waals surface area contributed by atoms with Crippen LogP contribution >= 0.6 is 0 Å². The predicted octanol–water partition coefficient (Wildman–Crippen LogP) is 3.09. The van der Waals surface area contributed by atoms with Crippen LogP contribution in [-0.2, 0) is 0 Å². The lowest BCUT2D eigenvalue weighted by Crippen LogP contribution is -2.08. The number of anilines is 1. The van der Waals surface area contributed by atoms with Crippen molar-refractivity contribution in [1.29, 1.82) is 0 Å². The maximum absolute atomic E-state index is 4.46. The van der Waals surface area contributed by atoms with Crippen LogP contribution in [0.25, 0.3) is 0 Å². The molecular formula is C13H21N3. The first-order valence-corrected chi connectivity index (χ1v) is 6.30. The highest BCUT2D eigenvalue weighted by molar-refractivity contribution is 5.33. The van der Waals surface area contributed by atoms with Crippen LogP contribution in [0.2, 0.25) is 0 Å². The SMILES string of the molecule is Cc1ncc(NCCC2CCCC2)nc1C. The Morgan fingerprint density at radius 3 is 2.69 bits per heavy atom. The van der Waals surface area contributed by atoms with Gasteiger partial charge in [-0.1, -0.05) is 25.7 Å². The average molecular weight is 219 g/mol. The van der Waals surface area contributed by atoms with E-state index in [0.717, 1.165) is 29.7 Å². The third-order valence-electron chi connectivity index (χ3n) is 3.53. The Hall–Kier alpha value is -1.12. The van der Waals surface area contributed by atoms with Crippen LogP contribution in [-0.4, -0.2) is 16.5 Å². The molecule has 16 heavy (non-hydrogen) atoms. The van der Waals surface area contributed by atoms with Gasteiger partial charge >= 0.3 is 0 Å². The summed E-state index contributed by atoms with van der Waals surface area (Å²) in [5.41, 5.74) is 2.03. The third kappa shape index (κ3) is 2.94. The van der Waals surface area contributed by atoms with E-state index in [-0.39, 0.29) is 0 Å². The summed E-state index contributed by atoms with van der Waals surface area (Å²) in [5, 5.41) is 3.37. The van der Waals surface area contributed by atoms with Crippen LogP contribution in [0.1, 0.15) is 43.5 Å². The van der Waals surface area contributed by atoms with Crippen molar-refractivity contribution >= 4 is 5.82 Å². The lowest BCUT2D eigenvalue weighted by molar-refractivity contribution is 0.518.